The van der Waals surface area contributed by atoms with E-state index in [-0.39, 0.29) is 0 Å². The Bertz CT molecular complexity index is 3900. The Labute approximate surface area is 376 Å². The van der Waals surface area contributed by atoms with Crippen LogP contribution in [-0.4, -0.2) is 4.57 Å². The van der Waals surface area contributed by atoms with Crippen LogP contribution in [0.4, 0.5) is 17.1 Å². The van der Waals surface area contributed by atoms with Gasteiger partial charge >= 0.3 is 0 Å². The van der Waals surface area contributed by atoms with Gasteiger partial charge in [0.25, 0.3) is 0 Å². The first-order valence-electron chi connectivity index (χ1n) is 22.3. The third-order valence-electron chi connectivity index (χ3n) is 13.2. The second-order valence-corrected chi connectivity index (χ2v) is 16.8. The lowest BCUT2D eigenvalue weighted by molar-refractivity contribution is 0.670. The van der Waals surface area contributed by atoms with Crippen molar-refractivity contribution in [1.82, 2.24) is 4.57 Å². The van der Waals surface area contributed by atoms with Crippen LogP contribution < -0.4 is 4.90 Å². The van der Waals surface area contributed by atoms with Crippen molar-refractivity contribution >= 4 is 82.4 Å². The average molecular weight is 829 g/mol. The normalized spacial score (nSPS) is 11.7. The van der Waals surface area contributed by atoms with E-state index in [2.05, 4.69) is 240 Å². The van der Waals surface area contributed by atoms with Crippen molar-refractivity contribution in [3.8, 4) is 39.1 Å². The zero-order valence-corrected chi connectivity index (χ0v) is 35.4. The summed E-state index contributed by atoms with van der Waals surface area (Å²) in [6.07, 6.45) is 0. The summed E-state index contributed by atoms with van der Waals surface area (Å²) in [5, 5.41) is 9.65. The summed E-state index contributed by atoms with van der Waals surface area (Å²) in [6.45, 7) is 0. The first-order valence-corrected chi connectivity index (χ1v) is 22.3. The van der Waals surface area contributed by atoms with E-state index in [1.807, 2.05) is 12.1 Å². The molecule has 0 aliphatic heterocycles. The summed E-state index contributed by atoms with van der Waals surface area (Å²) in [5.41, 5.74) is 15.2. The minimum Gasteiger partial charge on any atom is -0.455 e. The third-order valence-corrected chi connectivity index (χ3v) is 13.2. The Hall–Kier alpha value is -8.66. The number of hydrogen-bond acceptors (Lipinski definition) is 2. The van der Waals surface area contributed by atoms with Crippen molar-refractivity contribution in [2.45, 2.75) is 0 Å². The zero-order valence-electron chi connectivity index (χ0n) is 35.4. The van der Waals surface area contributed by atoms with Gasteiger partial charge in [0.15, 0.2) is 0 Å². The molecule has 3 nitrogen and oxygen atoms in total. The number of para-hydroxylation sites is 6. The molecule has 0 aliphatic carbocycles. The molecule has 13 aromatic rings. The molecule has 0 saturated carbocycles. The van der Waals surface area contributed by atoms with Crippen molar-refractivity contribution in [1.29, 1.82) is 0 Å². The second kappa shape index (κ2) is 15.0. The van der Waals surface area contributed by atoms with Crippen molar-refractivity contribution in [3.63, 3.8) is 0 Å². The molecule has 0 atom stereocenters. The third kappa shape index (κ3) is 5.97. The van der Waals surface area contributed by atoms with Gasteiger partial charge < -0.3 is 13.9 Å². The SMILES string of the molecule is c1ccc(-c2ccc(-c3cc4ccccc4c4ccccc34)cc2N(c2ccc(-c3cccc4c3oc3ccccc34)cc2)c2ccccc2-n2c3ccccc3c3ccccc32)cc1. The molecular formula is C62H40N2O. The van der Waals surface area contributed by atoms with Crippen molar-refractivity contribution in [2.24, 2.45) is 0 Å². The molecule has 0 N–H and O–H groups in total. The standard InChI is InChI=1S/C62H40N2O/c1-2-17-41(18-3-1)47-38-35-44(55-39-43-19-4-5-20-46(43)49-21-6-7-22-50(49)55)40-60(47)63(45-36-33-42(34-37-45)48-26-16-27-54-53-25-10-15-32-61(53)65-62(48)54)58-30-13-14-31-59(58)64-56-28-11-8-23-51(56)52-24-9-12-29-57(52)64/h1-40H. The predicted octanol–water partition coefficient (Wildman–Crippen LogP) is 17.5. The van der Waals surface area contributed by atoms with E-state index in [1.165, 1.54) is 37.9 Å². The Kier molecular flexibility index (Phi) is 8.53. The van der Waals surface area contributed by atoms with Gasteiger partial charge in [0, 0.05) is 38.4 Å². The Morgan fingerprint density at radius 3 is 1.69 bits per heavy atom. The molecule has 0 saturated heterocycles. The first-order chi connectivity index (χ1) is 32.3. The number of benzene rings is 11. The van der Waals surface area contributed by atoms with Crippen LogP contribution in [0.3, 0.4) is 0 Å². The number of rotatable bonds is 7. The summed E-state index contributed by atoms with van der Waals surface area (Å²) < 4.78 is 8.98. The Balaban J connectivity index is 1.09. The largest absolute Gasteiger partial charge is 0.455 e. The first kappa shape index (κ1) is 36.9. The number of fused-ring (bicyclic) bond motifs is 9. The van der Waals surface area contributed by atoms with Crippen LogP contribution in [0.15, 0.2) is 247 Å². The smallest absolute Gasteiger partial charge is 0.143 e. The number of nitrogens with zero attached hydrogens (tertiary/aromatic N) is 2. The molecule has 65 heavy (non-hydrogen) atoms. The fourth-order valence-electron chi connectivity index (χ4n) is 10.2. The highest BCUT2D eigenvalue weighted by molar-refractivity contribution is 6.15. The van der Waals surface area contributed by atoms with Crippen LogP contribution in [0.2, 0.25) is 0 Å². The molecule has 0 radical (unpaired) electrons. The van der Waals surface area contributed by atoms with Crippen molar-refractivity contribution < 1.29 is 4.42 Å². The van der Waals surface area contributed by atoms with Gasteiger partial charge in [-0.15, -0.1) is 0 Å². The number of furan rings is 1. The highest BCUT2D eigenvalue weighted by Crippen LogP contribution is 2.48. The van der Waals surface area contributed by atoms with E-state index in [4.69, 9.17) is 4.42 Å². The van der Waals surface area contributed by atoms with Crippen molar-refractivity contribution in [2.75, 3.05) is 4.90 Å². The highest BCUT2D eigenvalue weighted by atomic mass is 16.3. The molecule has 0 amide bonds. The molecule has 0 unspecified atom stereocenters. The van der Waals surface area contributed by atoms with Gasteiger partial charge in [-0.25, -0.2) is 0 Å². The summed E-state index contributed by atoms with van der Waals surface area (Å²) in [5.74, 6) is 0. The molecular weight excluding hydrogens is 789 g/mol. The molecule has 0 aliphatic rings. The number of anilines is 3. The predicted molar refractivity (Wildman–Crippen MR) is 274 cm³/mol. The van der Waals surface area contributed by atoms with Gasteiger partial charge in [0.05, 0.1) is 28.1 Å². The maximum absolute atomic E-state index is 6.55. The average Bonchev–Trinajstić information content (AvgIpc) is 3.93. The van der Waals surface area contributed by atoms with E-state index in [9.17, 15) is 0 Å². The van der Waals surface area contributed by atoms with Gasteiger partial charge in [-0.05, 0) is 98.4 Å². The molecule has 0 spiro atoms. The second-order valence-electron chi connectivity index (χ2n) is 16.8. The van der Waals surface area contributed by atoms with Gasteiger partial charge in [-0.1, -0.05) is 188 Å². The van der Waals surface area contributed by atoms with Gasteiger partial charge in [0.1, 0.15) is 11.2 Å². The van der Waals surface area contributed by atoms with Crippen LogP contribution in [-0.2, 0) is 0 Å². The van der Waals surface area contributed by atoms with Crippen LogP contribution >= 0.6 is 0 Å². The van der Waals surface area contributed by atoms with Gasteiger partial charge in [-0.3, -0.25) is 0 Å². The number of hydrogen-bond donors (Lipinski definition) is 0. The van der Waals surface area contributed by atoms with Gasteiger partial charge in [0.2, 0.25) is 0 Å². The van der Waals surface area contributed by atoms with E-state index in [1.54, 1.807) is 0 Å². The highest BCUT2D eigenvalue weighted by Gasteiger charge is 2.24. The molecule has 2 heterocycles. The number of aromatic nitrogens is 1. The Morgan fingerprint density at radius 1 is 0.323 bits per heavy atom. The van der Waals surface area contributed by atoms with E-state index in [0.717, 1.165) is 83.5 Å². The fraction of sp³-hybridized carbons (Fsp3) is 0. The van der Waals surface area contributed by atoms with Crippen molar-refractivity contribution in [3.05, 3.63) is 243 Å². The molecule has 11 aromatic carbocycles. The lowest BCUT2D eigenvalue weighted by Crippen LogP contribution is -2.14. The summed E-state index contributed by atoms with van der Waals surface area (Å²) in [7, 11) is 0. The van der Waals surface area contributed by atoms with Crippen LogP contribution in [0.5, 0.6) is 0 Å². The summed E-state index contributed by atoms with van der Waals surface area (Å²) in [6, 6.07) is 87.9. The monoisotopic (exact) mass is 828 g/mol. The molecule has 3 heteroatoms. The maximum Gasteiger partial charge on any atom is 0.143 e. The molecule has 0 bridgehead atoms. The fourth-order valence-corrected chi connectivity index (χ4v) is 10.2. The van der Waals surface area contributed by atoms with E-state index >= 15 is 0 Å². The van der Waals surface area contributed by atoms with Crippen LogP contribution in [0.25, 0.3) is 104 Å². The maximum atomic E-state index is 6.55. The quantitative estimate of drug-likeness (QED) is 0.149. The minimum atomic E-state index is 0.895. The zero-order chi connectivity index (χ0) is 42.8. The summed E-state index contributed by atoms with van der Waals surface area (Å²) in [4.78, 5) is 2.47. The molecule has 304 valence electrons. The minimum absolute atomic E-state index is 0.895. The molecule has 2 aromatic heterocycles. The van der Waals surface area contributed by atoms with Crippen LogP contribution in [0, 0.1) is 0 Å². The lowest BCUT2D eigenvalue weighted by atomic mass is 9.91. The van der Waals surface area contributed by atoms with E-state index < -0.39 is 0 Å². The topological polar surface area (TPSA) is 21.3 Å². The lowest BCUT2D eigenvalue weighted by Gasteiger charge is -2.31. The summed E-state index contributed by atoms with van der Waals surface area (Å²) >= 11 is 0. The molecule has 0 fully saturated rings. The van der Waals surface area contributed by atoms with Gasteiger partial charge in [-0.2, -0.15) is 0 Å². The Morgan fingerprint density at radius 2 is 0.908 bits per heavy atom. The molecule has 13 rings (SSSR count). The van der Waals surface area contributed by atoms with Crippen LogP contribution in [0.1, 0.15) is 0 Å². The van der Waals surface area contributed by atoms with E-state index in [0.29, 0.717) is 0 Å².